The average Bonchev–Trinajstić information content (AvgIpc) is 2.72. The lowest BCUT2D eigenvalue weighted by molar-refractivity contribution is -0.384. The number of hydrogen-bond donors (Lipinski definition) is 2. The van der Waals surface area contributed by atoms with Crippen molar-refractivity contribution < 1.29 is 9.72 Å². The molecule has 4 rings (SSSR count). The van der Waals surface area contributed by atoms with E-state index in [1.165, 1.54) is 23.9 Å². The van der Waals surface area contributed by atoms with Gasteiger partial charge in [0.25, 0.3) is 11.2 Å². The predicted octanol–water partition coefficient (Wildman–Crippen LogP) is 4.13. The molecule has 0 bridgehead atoms. The van der Waals surface area contributed by atoms with Crippen LogP contribution in [0.25, 0.3) is 0 Å². The SMILES string of the molecule is CC[C@H](C)Sc1nc2c(c(=O)[nH]1)[C@H](c1ccc([N+](=O)[O-])cc1)C1=C(CCCC1=O)N2. The van der Waals surface area contributed by atoms with Crippen molar-refractivity contribution in [2.75, 3.05) is 5.32 Å². The van der Waals surface area contributed by atoms with Gasteiger partial charge in [-0.25, -0.2) is 4.98 Å². The Kier molecular flexibility index (Phi) is 5.46. The summed E-state index contributed by atoms with van der Waals surface area (Å²) in [4.78, 5) is 44.0. The van der Waals surface area contributed by atoms with E-state index in [0.29, 0.717) is 45.8 Å². The molecule has 30 heavy (non-hydrogen) atoms. The van der Waals surface area contributed by atoms with E-state index >= 15 is 0 Å². The van der Waals surface area contributed by atoms with Crippen LogP contribution in [0.4, 0.5) is 11.5 Å². The summed E-state index contributed by atoms with van der Waals surface area (Å²) in [6.07, 6.45) is 2.80. The topological polar surface area (TPSA) is 118 Å². The number of Topliss-reactive ketones (excluding diaryl/α,β-unsaturated/α-hetero) is 1. The number of nitro groups is 1. The Hall–Kier alpha value is -2.94. The molecule has 9 heteroatoms. The summed E-state index contributed by atoms with van der Waals surface area (Å²) in [6.45, 7) is 4.14. The van der Waals surface area contributed by atoms with Crippen LogP contribution < -0.4 is 10.9 Å². The van der Waals surface area contributed by atoms with E-state index in [-0.39, 0.29) is 17.0 Å². The monoisotopic (exact) mass is 426 g/mol. The van der Waals surface area contributed by atoms with Crippen LogP contribution in [-0.4, -0.2) is 25.9 Å². The molecule has 2 atom stereocenters. The molecular formula is C21H22N4O4S. The van der Waals surface area contributed by atoms with Crippen molar-refractivity contribution >= 4 is 29.1 Å². The number of nitrogens with one attached hydrogen (secondary N) is 2. The van der Waals surface area contributed by atoms with Gasteiger partial charge in [-0.2, -0.15) is 0 Å². The largest absolute Gasteiger partial charge is 0.343 e. The Bertz CT molecular complexity index is 1110. The molecule has 1 aromatic carbocycles. The number of nitro benzene ring substituents is 1. The third-order valence-electron chi connectivity index (χ3n) is 5.56. The number of allylic oxidation sites excluding steroid dienone is 2. The van der Waals surface area contributed by atoms with Crippen molar-refractivity contribution in [2.24, 2.45) is 0 Å². The highest BCUT2D eigenvalue weighted by Gasteiger charge is 2.38. The fourth-order valence-corrected chi connectivity index (χ4v) is 4.74. The van der Waals surface area contributed by atoms with Gasteiger partial charge in [0.05, 0.1) is 10.5 Å². The van der Waals surface area contributed by atoms with Gasteiger partial charge in [-0.15, -0.1) is 0 Å². The van der Waals surface area contributed by atoms with Gasteiger partial charge >= 0.3 is 0 Å². The fourth-order valence-electron chi connectivity index (χ4n) is 3.89. The van der Waals surface area contributed by atoms with Crippen LogP contribution in [0.15, 0.2) is 45.5 Å². The summed E-state index contributed by atoms with van der Waals surface area (Å²) in [5.41, 5.74) is 2.07. The van der Waals surface area contributed by atoms with Gasteiger partial charge in [-0.05, 0) is 24.8 Å². The molecule has 2 heterocycles. The summed E-state index contributed by atoms with van der Waals surface area (Å²) < 4.78 is 0. The minimum absolute atomic E-state index is 0.00444. The van der Waals surface area contributed by atoms with Crippen LogP contribution in [0.1, 0.15) is 56.6 Å². The Morgan fingerprint density at radius 2 is 2.00 bits per heavy atom. The van der Waals surface area contributed by atoms with Crippen molar-refractivity contribution in [3.63, 3.8) is 0 Å². The van der Waals surface area contributed by atoms with E-state index < -0.39 is 10.8 Å². The number of rotatable bonds is 5. The Balaban J connectivity index is 1.86. The van der Waals surface area contributed by atoms with Crippen molar-refractivity contribution in [2.45, 2.75) is 55.9 Å². The van der Waals surface area contributed by atoms with E-state index in [2.05, 4.69) is 29.1 Å². The van der Waals surface area contributed by atoms with E-state index in [0.717, 1.165) is 18.5 Å². The first-order chi connectivity index (χ1) is 14.4. The van der Waals surface area contributed by atoms with Gasteiger partial charge < -0.3 is 10.3 Å². The van der Waals surface area contributed by atoms with Gasteiger partial charge in [0, 0.05) is 41.0 Å². The number of H-pyrrole nitrogens is 1. The van der Waals surface area contributed by atoms with Gasteiger partial charge in [0.2, 0.25) is 0 Å². The number of thioether (sulfide) groups is 1. The lowest BCUT2D eigenvalue weighted by Crippen LogP contribution is -2.32. The normalized spacial score (nSPS) is 19.0. The van der Waals surface area contributed by atoms with E-state index in [1.807, 2.05) is 0 Å². The predicted molar refractivity (Wildman–Crippen MR) is 115 cm³/mol. The molecule has 1 aliphatic carbocycles. The fraction of sp³-hybridized carbons (Fsp3) is 0.381. The number of benzene rings is 1. The molecule has 0 unspecified atom stereocenters. The second kappa shape index (κ2) is 8.06. The minimum atomic E-state index is -0.594. The lowest BCUT2D eigenvalue weighted by Gasteiger charge is -2.32. The number of fused-ring (bicyclic) bond motifs is 1. The summed E-state index contributed by atoms with van der Waals surface area (Å²) in [5, 5.41) is 15.1. The van der Waals surface area contributed by atoms with Crippen molar-refractivity contribution in [3.05, 3.63) is 67.1 Å². The Morgan fingerprint density at radius 1 is 1.27 bits per heavy atom. The maximum absolute atomic E-state index is 13.1. The van der Waals surface area contributed by atoms with Crippen LogP contribution in [0.5, 0.6) is 0 Å². The number of non-ortho nitro benzene ring substituents is 1. The van der Waals surface area contributed by atoms with Crippen LogP contribution in [0.3, 0.4) is 0 Å². The highest BCUT2D eigenvalue weighted by molar-refractivity contribution is 7.99. The molecule has 1 aliphatic heterocycles. The summed E-state index contributed by atoms with van der Waals surface area (Å²) in [5.74, 6) is -0.139. The highest BCUT2D eigenvalue weighted by Crippen LogP contribution is 2.43. The first-order valence-electron chi connectivity index (χ1n) is 9.97. The third-order valence-corrected chi connectivity index (χ3v) is 6.71. The molecule has 0 spiro atoms. The maximum Gasteiger partial charge on any atom is 0.269 e. The molecule has 8 nitrogen and oxygen atoms in total. The van der Waals surface area contributed by atoms with Crippen molar-refractivity contribution in [3.8, 4) is 0 Å². The Labute approximate surface area is 177 Å². The zero-order valence-electron chi connectivity index (χ0n) is 16.7. The number of carbonyl (C=O) groups is 1. The molecule has 1 aromatic heterocycles. The molecule has 0 saturated heterocycles. The van der Waals surface area contributed by atoms with E-state index in [9.17, 15) is 19.7 Å². The van der Waals surface area contributed by atoms with Crippen LogP contribution >= 0.6 is 11.8 Å². The highest BCUT2D eigenvalue weighted by atomic mass is 32.2. The molecule has 0 fully saturated rings. The van der Waals surface area contributed by atoms with Gasteiger partial charge in [0.15, 0.2) is 10.9 Å². The molecule has 156 valence electrons. The average molecular weight is 426 g/mol. The Morgan fingerprint density at radius 3 is 2.67 bits per heavy atom. The zero-order valence-corrected chi connectivity index (χ0v) is 17.5. The molecule has 0 amide bonds. The van der Waals surface area contributed by atoms with Crippen molar-refractivity contribution in [1.29, 1.82) is 0 Å². The molecule has 2 aliphatic rings. The number of aromatic nitrogens is 2. The van der Waals surface area contributed by atoms with Gasteiger partial charge in [-0.1, -0.05) is 37.7 Å². The number of anilines is 1. The number of hydrogen-bond acceptors (Lipinski definition) is 7. The van der Waals surface area contributed by atoms with Crippen LogP contribution in [-0.2, 0) is 4.79 Å². The minimum Gasteiger partial charge on any atom is -0.343 e. The quantitative estimate of drug-likeness (QED) is 0.319. The van der Waals surface area contributed by atoms with Gasteiger partial charge in [0.1, 0.15) is 5.82 Å². The molecule has 2 N–H and O–H groups in total. The van der Waals surface area contributed by atoms with E-state index in [1.54, 1.807) is 12.1 Å². The summed E-state index contributed by atoms with van der Waals surface area (Å²) in [6, 6.07) is 6.04. The first kappa shape index (κ1) is 20.3. The number of aromatic amines is 1. The maximum atomic E-state index is 13.1. The smallest absolute Gasteiger partial charge is 0.269 e. The second-order valence-corrected chi connectivity index (χ2v) is 8.97. The number of nitrogens with zero attached hydrogens (tertiary/aromatic N) is 2. The molecule has 0 radical (unpaired) electrons. The second-order valence-electron chi connectivity index (χ2n) is 7.55. The zero-order chi connectivity index (χ0) is 21.4. The van der Waals surface area contributed by atoms with Gasteiger partial charge in [-0.3, -0.25) is 19.7 Å². The lowest BCUT2D eigenvalue weighted by atomic mass is 9.76. The van der Waals surface area contributed by atoms with E-state index in [4.69, 9.17) is 0 Å². The molecular weight excluding hydrogens is 404 g/mol. The summed E-state index contributed by atoms with van der Waals surface area (Å²) >= 11 is 1.50. The standard InChI is InChI=1S/C21H22N4O4S/c1-3-11(2)30-21-23-19-18(20(27)24-21)16(12-7-9-13(10-8-12)25(28)29)17-14(22-19)5-4-6-15(17)26/h7-11,16H,3-6H2,1-2H3,(H2,22,23,24,27)/t11-,16+/m0/s1. The van der Waals surface area contributed by atoms with Crippen LogP contribution in [0, 0.1) is 10.1 Å². The first-order valence-corrected chi connectivity index (χ1v) is 10.9. The third kappa shape index (κ3) is 3.65. The summed E-state index contributed by atoms with van der Waals surface area (Å²) in [7, 11) is 0. The van der Waals surface area contributed by atoms with Crippen LogP contribution in [0.2, 0.25) is 0 Å². The van der Waals surface area contributed by atoms with Crippen molar-refractivity contribution in [1.82, 2.24) is 9.97 Å². The number of carbonyl (C=O) groups excluding carboxylic acids is 1. The molecule has 2 aromatic rings. The number of ketones is 1. The molecule has 0 saturated carbocycles.